The minimum Gasteiger partial charge on any atom is -0.480 e. The Morgan fingerprint density at radius 3 is 2.69 bits per heavy atom. The van der Waals surface area contributed by atoms with Gasteiger partial charge < -0.3 is 14.2 Å². The Hall–Kier alpha value is -2.18. The predicted octanol–water partition coefficient (Wildman–Crippen LogP) is 3.47. The number of aromatic nitrogens is 3. The van der Waals surface area contributed by atoms with Crippen molar-refractivity contribution in [1.29, 1.82) is 0 Å². The van der Waals surface area contributed by atoms with Gasteiger partial charge in [-0.15, -0.1) is 22.7 Å². The van der Waals surface area contributed by atoms with E-state index < -0.39 is 0 Å². The predicted molar refractivity (Wildman–Crippen MR) is 125 cm³/mol. The topological polar surface area (TPSA) is 98.7 Å². The fourth-order valence-corrected chi connectivity index (χ4v) is 5.72. The summed E-state index contributed by atoms with van der Waals surface area (Å²) in [7, 11) is 3.14. The number of anilines is 1. The number of amides is 1. The van der Waals surface area contributed by atoms with Crippen LogP contribution in [0.3, 0.4) is 0 Å². The highest BCUT2D eigenvalue weighted by atomic mass is 32.1. The lowest BCUT2D eigenvalue weighted by atomic mass is 10.2. The molecular formula is C21H27N5O4S2. The fourth-order valence-electron chi connectivity index (χ4n) is 3.94. The highest BCUT2D eigenvalue weighted by Crippen LogP contribution is 2.35. The lowest BCUT2D eigenvalue weighted by Crippen LogP contribution is -2.44. The van der Waals surface area contributed by atoms with E-state index >= 15 is 0 Å². The van der Waals surface area contributed by atoms with Crippen molar-refractivity contribution >= 4 is 43.9 Å². The van der Waals surface area contributed by atoms with Gasteiger partial charge in [-0.05, 0) is 26.3 Å². The van der Waals surface area contributed by atoms with E-state index in [9.17, 15) is 4.79 Å². The molecule has 1 aliphatic heterocycles. The summed E-state index contributed by atoms with van der Waals surface area (Å²) < 4.78 is 16.4. The van der Waals surface area contributed by atoms with Gasteiger partial charge in [0, 0.05) is 32.1 Å². The van der Waals surface area contributed by atoms with E-state index in [4.69, 9.17) is 14.2 Å². The molecule has 4 heterocycles. The second-order valence-corrected chi connectivity index (χ2v) is 9.73. The number of thiophene rings is 1. The maximum atomic E-state index is 13.0. The third kappa shape index (κ3) is 4.91. The number of hydrogen-bond acceptors (Lipinski definition) is 10. The van der Waals surface area contributed by atoms with Crippen LogP contribution in [0.5, 0.6) is 5.88 Å². The maximum absolute atomic E-state index is 13.0. The molecule has 1 amide bonds. The molecule has 172 valence electrons. The molecule has 3 aromatic rings. The Morgan fingerprint density at radius 1 is 1.25 bits per heavy atom. The van der Waals surface area contributed by atoms with Gasteiger partial charge in [0.1, 0.15) is 11.4 Å². The number of aryl methyl sites for hydroxylation is 1. The van der Waals surface area contributed by atoms with Crippen molar-refractivity contribution in [3.05, 3.63) is 27.3 Å². The summed E-state index contributed by atoms with van der Waals surface area (Å²) in [5.74, 6) is 0.747. The number of fused-ring (bicyclic) bond motifs is 1. The lowest BCUT2D eigenvalue weighted by Gasteiger charge is -2.34. The van der Waals surface area contributed by atoms with Gasteiger partial charge in [0.05, 0.1) is 35.3 Å². The van der Waals surface area contributed by atoms with Crippen molar-refractivity contribution < 1.29 is 19.0 Å². The molecule has 1 saturated heterocycles. The molecule has 32 heavy (non-hydrogen) atoms. The van der Waals surface area contributed by atoms with Crippen molar-refractivity contribution in [1.82, 2.24) is 19.9 Å². The largest absolute Gasteiger partial charge is 0.480 e. The van der Waals surface area contributed by atoms with E-state index in [2.05, 4.69) is 39.0 Å². The second kappa shape index (κ2) is 9.75. The number of carbonyl (C=O) groups excluding carboxylic acids is 1. The number of rotatable bonds is 7. The highest BCUT2D eigenvalue weighted by Gasteiger charge is 2.24. The molecule has 0 radical (unpaired) electrons. The smallest absolute Gasteiger partial charge is 0.267 e. The minimum absolute atomic E-state index is 0.206. The van der Waals surface area contributed by atoms with E-state index in [-0.39, 0.29) is 24.7 Å². The van der Waals surface area contributed by atoms with Crippen LogP contribution < -0.4 is 10.1 Å². The first-order valence-electron chi connectivity index (χ1n) is 10.3. The summed E-state index contributed by atoms with van der Waals surface area (Å²) in [5, 5.41) is 6.25. The fraction of sp³-hybridized carbons (Fsp3) is 0.524. The van der Waals surface area contributed by atoms with Crippen LogP contribution in [0.4, 0.5) is 5.13 Å². The Bertz CT molecular complexity index is 1110. The summed E-state index contributed by atoms with van der Waals surface area (Å²) in [4.78, 5) is 30.1. The summed E-state index contributed by atoms with van der Waals surface area (Å²) in [6, 6.07) is 0. The van der Waals surface area contributed by atoms with Crippen LogP contribution in [0.15, 0.2) is 5.38 Å². The van der Waals surface area contributed by atoms with Crippen LogP contribution in [0.1, 0.15) is 40.6 Å². The van der Waals surface area contributed by atoms with Gasteiger partial charge >= 0.3 is 0 Å². The molecule has 1 fully saturated rings. The van der Waals surface area contributed by atoms with E-state index in [1.54, 1.807) is 14.2 Å². The number of carbonyl (C=O) groups is 1. The highest BCUT2D eigenvalue weighted by molar-refractivity contribution is 7.21. The van der Waals surface area contributed by atoms with Gasteiger partial charge in [0.25, 0.3) is 5.91 Å². The van der Waals surface area contributed by atoms with E-state index in [1.165, 1.54) is 22.7 Å². The Labute approximate surface area is 194 Å². The first-order valence-corrected chi connectivity index (χ1v) is 12.0. The molecule has 0 spiro atoms. The number of methoxy groups -OCH3 is 2. The molecular weight excluding hydrogens is 450 g/mol. The van der Waals surface area contributed by atoms with Crippen LogP contribution in [-0.4, -0.2) is 65.3 Å². The average molecular weight is 478 g/mol. The first-order chi connectivity index (χ1) is 15.4. The van der Waals surface area contributed by atoms with Gasteiger partial charge in [-0.1, -0.05) is 0 Å². The molecule has 0 aliphatic carbocycles. The zero-order chi connectivity index (χ0) is 22.8. The van der Waals surface area contributed by atoms with Gasteiger partial charge in [0.15, 0.2) is 11.0 Å². The van der Waals surface area contributed by atoms with Crippen LogP contribution in [0.2, 0.25) is 0 Å². The average Bonchev–Trinajstić information content (AvgIpc) is 3.30. The third-order valence-electron chi connectivity index (χ3n) is 5.13. The minimum atomic E-state index is -0.213. The maximum Gasteiger partial charge on any atom is 0.267 e. The molecule has 3 aromatic heterocycles. The number of morpholine rings is 1. The molecule has 1 N–H and O–H groups in total. The van der Waals surface area contributed by atoms with E-state index in [0.29, 0.717) is 26.5 Å². The lowest BCUT2D eigenvalue weighted by molar-refractivity contribution is -0.0707. The molecule has 0 bridgehead atoms. The number of ether oxygens (including phenoxy) is 3. The summed E-state index contributed by atoms with van der Waals surface area (Å²) in [6.45, 7) is 8.80. The van der Waals surface area contributed by atoms with Crippen molar-refractivity contribution in [3.63, 3.8) is 0 Å². The van der Waals surface area contributed by atoms with Crippen LogP contribution in [0, 0.1) is 6.92 Å². The molecule has 11 heteroatoms. The summed E-state index contributed by atoms with van der Waals surface area (Å²) in [5.41, 5.74) is 1.73. The molecule has 1 aliphatic rings. The molecule has 2 unspecified atom stereocenters. The number of nitrogens with zero attached hydrogens (tertiary/aromatic N) is 4. The van der Waals surface area contributed by atoms with Crippen molar-refractivity contribution in [3.8, 4) is 5.88 Å². The number of thiazole rings is 1. The van der Waals surface area contributed by atoms with Crippen LogP contribution in [0.25, 0.3) is 10.2 Å². The first kappa shape index (κ1) is 23.0. The monoisotopic (exact) mass is 477 g/mol. The van der Waals surface area contributed by atoms with E-state index in [0.717, 1.165) is 36.3 Å². The Morgan fingerprint density at radius 2 is 2.00 bits per heavy atom. The number of hydrogen-bond donors (Lipinski definition) is 1. The standard InChI is InChI=1S/C21H27N5O4S2/c1-11-6-26(7-12(2)30-11)8-14-10-31-21(22-14)25-18(27)17-13(3)16-19(29-5)23-15(9-28-4)24-20(16)32-17/h10-12H,6-9H2,1-5H3,(H,22,25,27). The Balaban J connectivity index is 1.50. The third-order valence-corrected chi connectivity index (χ3v) is 7.12. The molecule has 0 saturated carbocycles. The van der Waals surface area contributed by atoms with Gasteiger partial charge in [0.2, 0.25) is 5.88 Å². The molecule has 2 atom stereocenters. The van der Waals surface area contributed by atoms with Crippen LogP contribution in [-0.2, 0) is 22.6 Å². The summed E-state index contributed by atoms with van der Waals surface area (Å²) >= 11 is 2.74. The quantitative estimate of drug-likeness (QED) is 0.552. The zero-order valence-electron chi connectivity index (χ0n) is 18.8. The van der Waals surface area contributed by atoms with Crippen LogP contribution >= 0.6 is 22.7 Å². The van der Waals surface area contributed by atoms with Gasteiger partial charge in [-0.25, -0.2) is 9.97 Å². The summed E-state index contributed by atoms with van der Waals surface area (Å²) in [6.07, 6.45) is 0.411. The normalized spacial score (nSPS) is 19.4. The second-order valence-electron chi connectivity index (χ2n) is 7.87. The van der Waals surface area contributed by atoms with Gasteiger partial charge in [-0.2, -0.15) is 4.98 Å². The zero-order valence-corrected chi connectivity index (χ0v) is 20.4. The molecule has 4 rings (SSSR count). The molecule has 9 nitrogen and oxygen atoms in total. The van der Waals surface area contributed by atoms with E-state index in [1.807, 2.05) is 12.3 Å². The van der Waals surface area contributed by atoms with Crippen molar-refractivity contribution in [2.24, 2.45) is 0 Å². The molecule has 0 aromatic carbocycles. The number of nitrogens with one attached hydrogen (secondary N) is 1. The van der Waals surface area contributed by atoms with Crippen molar-refractivity contribution in [2.45, 2.75) is 46.1 Å². The SMILES string of the molecule is COCc1nc(OC)c2c(C)c(C(=O)Nc3nc(CN4CC(C)OC(C)C4)cs3)sc2n1. The van der Waals surface area contributed by atoms with Gasteiger partial charge in [-0.3, -0.25) is 15.0 Å². The van der Waals surface area contributed by atoms with Crippen molar-refractivity contribution in [2.75, 3.05) is 32.6 Å². The Kier molecular flexibility index (Phi) is 7.01.